The van der Waals surface area contributed by atoms with E-state index in [-0.39, 0.29) is 35.5 Å². The molecule has 2 aliphatic rings. The third-order valence-electron chi connectivity index (χ3n) is 5.88. The van der Waals surface area contributed by atoms with Crippen LogP contribution in [0.15, 0.2) is 24.4 Å². The highest BCUT2D eigenvalue weighted by molar-refractivity contribution is 5.91. The first-order valence-electron chi connectivity index (χ1n) is 9.96. The summed E-state index contributed by atoms with van der Waals surface area (Å²) < 4.78 is 38.3. The second kappa shape index (κ2) is 8.59. The molecule has 1 aromatic heterocycles. The van der Waals surface area contributed by atoms with Gasteiger partial charge in [-0.15, -0.1) is 0 Å². The monoisotopic (exact) mass is 405 g/mol. The number of nitrogens with zero attached hydrogens (tertiary/aromatic N) is 1. The molecule has 29 heavy (non-hydrogen) atoms. The van der Waals surface area contributed by atoms with Crippen molar-refractivity contribution < 1.29 is 23.0 Å². The van der Waals surface area contributed by atoms with Crippen LogP contribution in [0.4, 0.5) is 14.5 Å². The van der Waals surface area contributed by atoms with Crippen LogP contribution in [0.2, 0.25) is 0 Å². The fraction of sp³-hybridized carbons (Fsp3) is 0.524. The molecule has 1 saturated heterocycles. The number of carbonyl (C=O) groups excluding carboxylic acids is 1. The molecule has 1 aliphatic carbocycles. The number of amides is 1. The van der Waals surface area contributed by atoms with Crippen LogP contribution in [0.25, 0.3) is 10.9 Å². The molecule has 2 fully saturated rings. The average Bonchev–Trinajstić information content (AvgIpc) is 3.16. The zero-order valence-electron chi connectivity index (χ0n) is 16.3. The Bertz CT molecular complexity index is 887. The lowest BCUT2D eigenvalue weighted by Gasteiger charge is -2.30. The maximum absolute atomic E-state index is 14.0. The van der Waals surface area contributed by atoms with Crippen molar-refractivity contribution in [1.82, 2.24) is 10.3 Å². The lowest BCUT2D eigenvalue weighted by atomic mass is 9.85. The van der Waals surface area contributed by atoms with Crippen LogP contribution in [0, 0.1) is 17.6 Å². The van der Waals surface area contributed by atoms with Gasteiger partial charge in [0.1, 0.15) is 17.4 Å². The fourth-order valence-electron chi connectivity index (χ4n) is 4.23. The van der Waals surface area contributed by atoms with E-state index >= 15 is 0 Å². The quantitative estimate of drug-likeness (QED) is 0.800. The van der Waals surface area contributed by atoms with Gasteiger partial charge in [0.25, 0.3) is 0 Å². The topological polar surface area (TPSA) is 72.5 Å². The van der Waals surface area contributed by atoms with E-state index in [4.69, 9.17) is 9.47 Å². The number of nitrogens with one attached hydrogen (secondary N) is 2. The normalized spacial score (nSPS) is 27.1. The smallest absolute Gasteiger partial charge is 0.223 e. The molecule has 8 heteroatoms. The van der Waals surface area contributed by atoms with Gasteiger partial charge in [-0.2, -0.15) is 0 Å². The first kappa shape index (κ1) is 20.0. The van der Waals surface area contributed by atoms with Crippen LogP contribution in [0.3, 0.4) is 0 Å². The molecule has 1 saturated carbocycles. The van der Waals surface area contributed by atoms with Crippen molar-refractivity contribution in [3.05, 3.63) is 36.0 Å². The van der Waals surface area contributed by atoms with Gasteiger partial charge >= 0.3 is 0 Å². The fourth-order valence-corrected chi connectivity index (χ4v) is 4.23. The van der Waals surface area contributed by atoms with Crippen LogP contribution in [-0.2, 0) is 14.3 Å². The van der Waals surface area contributed by atoms with Crippen molar-refractivity contribution in [2.24, 2.45) is 5.92 Å². The Morgan fingerprint density at radius 3 is 2.76 bits per heavy atom. The Hall–Kier alpha value is -2.32. The molecule has 2 aromatic rings. The Morgan fingerprint density at radius 2 is 2.00 bits per heavy atom. The van der Waals surface area contributed by atoms with Crippen LogP contribution < -0.4 is 10.6 Å². The molecule has 0 radical (unpaired) electrons. The van der Waals surface area contributed by atoms with E-state index in [0.29, 0.717) is 24.3 Å². The van der Waals surface area contributed by atoms with Gasteiger partial charge in [-0.05, 0) is 37.8 Å². The third-order valence-corrected chi connectivity index (χ3v) is 5.88. The molecule has 1 amide bonds. The molecular formula is C21H25F2N3O3. The molecule has 156 valence electrons. The van der Waals surface area contributed by atoms with E-state index < -0.39 is 11.6 Å². The number of aromatic nitrogens is 1. The van der Waals surface area contributed by atoms with Crippen molar-refractivity contribution in [1.29, 1.82) is 0 Å². The molecule has 0 unspecified atom stereocenters. The van der Waals surface area contributed by atoms with Crippen molar-refractivity contribution >= 4 is 22.5 Å². The maximum Gasteiger partial charge on any atom is 0.223 e. The van der Waals surface area contributed by atoms with Gasteiger partial charge in [0.15, 0.2) is 5.82 Å². The molecule has 2 N–H and O–H groups in total. The first-order valence-corrected chi connectivity index (χ1v) is 9.96. The largest absolute Gasteiger partial charge is 0.382 e. The standard InChI is InChI=1S/C21H25F2N3O3/c1-28-19-11-29-10-18(19)26-21(27)12-2-4-14(5-3-12)25-17-6-7-24-20-15(17)8-13(22)9-16(20)23/h6-9,12,14,18-19H,2-5,10-11H2,1H3,(H,24,25)(H,26,27)/t12?,14?,18-,19-/m0/s1. The Labute approximate surface area is 168 Å². The average molecular weight is 405 g/mol. The second-order valence-corrected chi connectivity index (χ2v) is 7.76. The zero-order chi connectivity index (χ0) is 20.4. The van der Waals surface area contributed by atoms with Crippen molar-refractivity contribution in [2.75, 3.05) is 25.6 Å². The molecule has 2 atom stereocenters. The number of hydrogen-bond acceptors (Lipinski definition) is 5. The van der Waals surface area contributed by atoms with Crippen molar-refractivity contribution in [3.8, 4) is 0 Å². The van der Waals surface area contributed by atoms with Crippen molar-refractivity contribution in [3.63, 3.8) is 0 Å². The molecular weight excluding hydrogens is 380 g/mol. The first-order chi connectivity index (χ1) is 14.0. The summed E-state index contributed by atoms with van der Waals surface area (Å²) >= 11 is 0. The summed E-state index contributed by atoms with van der Waals surface area (Å²) in [6, 6.07) is 3.90. The number of carbonyl (C=O) groups is 1. The van der Waals surface area contributed by atoms with Gasteiger partial charge in [-0.1, -0.05) is 0 Å². The molecule has 2 heterocycles. The lowest BCUT2D eigenvalue weighted by Crippen LogP contribution is -2.46. The number of anilines is 1. The van der Waals surface area contributed by atoms with Crippen molar-refractivity contribution in [2.45, 2.75) is 43.9 Å². The van der Waals surface area contributed by atoms with E-state index in [9.17, 15) is 13.6 Å². The minimum atomic E-state index is -0.672. The summed E-state index contributed by atoms with van der Waals surface area (Å²) in [5.74, 6) is -1.30. The summed E-state index contributed by atoms with van der Waals surface area (Å²) in [7, 11) is 1.62. The van der Waals surface area contributed by atoms with Crippen LogP contribution in [-0.4, -0.2) is 49.4 Å². The maximum atomic E-state index is 14.0. The highest BCUT2D eigenvalue weighted by atomic mass is 19.1. The Morgan fingerprint density at radius 1 is 1.21 bits per heavy atom. The van der Waals surface area contributed by atoms with Crippen LogP contribution >= 0.6 is 0 Å². The van der Waals surface area contributed by atoms with Gasteiger partial charge in [-0.25, -0.2) is 8.78 Å². The van der Waals surface area contributed by atoms with Crippen LogP contribution in [0.1, 0.15) is 25.7 Å². The number of hydrogen-bond donors (Lipinski definition) is 2. The van der Waals surface area contributed by atoms with Crippen LogP contribution in [0.5, 0.6) is 0 Å². The number of rotatable bonds is 5. The van der Waals surface area contributed by atoms with E-state index in [1.165, 1.54) is 12.3 Å². The Balaban J connectivity index is 1.36. The predicted molar refractivity (Wildman–Crippen MR) is 105 cm³/mol. The summed E-state index contributed by atoms with van der Waals surface area (Å²) in [4.78, 5) is 16.6. The van der Waals surface area contributed by atoms with E-state index in [1.54, 1.807) is 13.2 Å². The third kappa shape index (κ3) is 4.33. The van der Waals surface area contributed by atoms with Gasteiger partial charge in [0, 0.05) is 42.4 Å². The molecule has 6 nitrogen and oxygen atoms in total. The minimum Gasteiger partial charge on any atom is -0.382 e. The number of benzene rings is 1. The molecule has 4 rings (SSSR count). The van der Waals surface area contributed by atoms with E-state index in [1.807, 2.05) is 0 Å². The minimum absolute atomic E-state index is 0.0412. The zero-order valence-corrected chi connectivity index (χ0v) is 16.3. The Kier molecular flexibility index (Phi) is 5.91. The summed E-state index contributed by atoms with van der Waals surface area (Å²) in [5, 5.41) is 6.86. The molecule has 1 aliphatic heterocycles. The SMILES string of the molecule is CO[C@H]1COC[C@@H]1NC(=O)C1CCC(Nc2ccnc3c(F)cc(F)cc23)CC1. The highest BCUT2D eigenvalue weighted by Gasteiger charge is 2.33. The summed E-state index contributed by atoms with van der Waals surface area (Å²) in [5.41, 5.74) is 0.809. The van der Waals surface area contributed by atoms with Gasteiger partial charge in [0.2, 0.25) is 5.91 Å². The summed E-state index contributed by atoms with van der Waals surface area (Å²) in [6.45, 7) is 0.975. The number of halogens is 2. The number of ether oxygens (including phenoxy) is 2. The number of fused-ring (bicyclic) bond motifs is 1. The number of pyridine rings is 1. The predicted octanol–water partition coefficient (Wildman–Crippen LogP) is 3.01. The second-order valence-electron chi connectivity index (χ2n) is 7.76. The number of methoxy groups -OCH3 is 1. The van der Waals surface area contributed by atoms with E-state index in [2.05, 4.69) is 15.6 Å². The molecule has 1 aromatic carbocycles. The van der Waals surface area contributed by atoms with Gasteiger partial charge in [0.05, 0.1) is 19.3 Å². The summed E-state index contributed by atoms with van der Waals surface area (Å²) in [6.07, 6.45) is 4.52. The lowest BCUT2D eigenvalue weighted by molar-refractivity contribution is -0.127. The molecule has 0 spiro atoms. The van der Waals surface area contributed by atoms with Gasteiger partial charge in [-0.3, -0.25) is 9.78 Å². The molecule has 0 bridgehead atoms. The van der Waals surface area contributed by atoms with Gasteiger partial charge < -0.3 is 20.1 Å². The van der Waals surface area contributed by atoms with E-state index in [0.717, 1.165) is 31.7 Å². The highest BCUT2D eigenvalue weighted by Crippen LogP contribution is 2.30.